The summed E-state index contributed by atoms with van der Waals surface area (Å²) in [6, 6.07) is 15.9. The maximum absolute atomic E-state index is 12.1. The van der Waals surface area contributed by atoms with Crippen LogP contribution < -0.4 is 14.8 Å². The second-order valence-corrected chi connectivity index (χ2v) is 6.52. The Kier molecular flexibility index (Phi) is 7.05. The van der Waals surface area contributed by atoms with Gasteiger partial charge in [-0.05, 0) is 35.8 Å². The zero-order valence-corrected chi connectivity index (χ0v) is 16.7. The molecule has 1 amide bonds. The number of nitrogens with zero attached hydrogens (tertiary/aromatic N) is 2. The Balaban J connectivity index is 1.46. The second-order valence-electron chi connectivity index (χ2n) is 6.52. The number of methoxy groups -OCH3 is 2. The Morgan fingerprint density at radius 2 is 1.86 bits per heavy atom. The molecule has 0 aliphatic rings. The standard InChI is InChI=1S/C23H25N3O3/c1-28-21-10-8-18(14-22(21)29-2)12-13-24-23(27)11-9-20-15-25-26(17-20)16-19-6-4-3-5-7-19/h3-11,14-15,17H,12-13,16H2,1-2H3,(H,24,27)/b11-9+. The predicted molar refractivity (Wildman–Crippen MR) is 113 cm³/mol. The van der Waals surface area contributed by atoms with E-state index in [-0.39, 0.29) is 5.91 Å². The first-order valence-electron chi connectivity index (χ1n) is 9.41. The molecular formula is C23H25N3O3. The van der Waals surface area contributed by atoms with Crippen LogP contribution in [0.4, 0.5) is 0 Å². The molecule has 0 bridgehead atoms. The molecule has 6 nitrogen and oxygen atoms in total. The highest BCUT2D eigenvalue weighted by molar-refractivity contribution is 5.91. The molecule has 0 fully saturated rings. The minimum Gasteiger partial charge on any atom is -0.493 e. The van der Waals surface area contributed by atoms with E-state index in [1.165, 1.54) is 11.6 Å². The monoisotopic (exact) mass is 391 g/mol. The largest absolute Gasteiger partial charge is 0.493 e. The Labute approximate surface area is 170 Å². The van der Waals surface area contributed by atoms with Crippen LogP contribution in [-0.4, -0.2) is 36.5 Å². The summed E-state index contributed by atoms with van der Waals surface area (Å²) in [6.07, 6.45) is 7.66. The van der Waals surface area contributed by atoms with E-state index in [2.05, 4.69) is 22.5 Å². The molecule has 0 aliphatic heterocycles. The minimum absolute atomic E-state index is 0.138. The molecule has 2 aromatic carbocycles. The van der Waals surface area contributed by atoms with E-state index in [9.17, 15) is 4.79 Å². The van der Waals surface area contributed by atoms with E-state index in [1.54, 1.807) is 26.5 Å². The van der Waals surface area contributed by atoms with Crippen molar-refractivity contribution >= 4 is 12.0 Å². The molecule has 0 spiro atoms. The van der Waals surface area contributed by atoms with Gasteiger partial charge in [-0.3, -0.25) is 9.48 Å². The fourth-order valence-electron chi connectivity index (χ4n) is 2.92. The third kappa shape index (κ3) is 5.97. The highest BCUT2D eigenvalue weighted by atomic mass is 16.5. The van der Waals surface area contributed by atoms with Gasteiger partial charge in [0.05, 0.1) is 27.0 Å². The quantitative estimate of drug-likeness (QED) is 0.569. The third-order valence-electron chi connectivity index (χ3n) is 4.43. The van der Waals surface area contributed by atoms with Crippen LogP contribution >= 0.6 is 0 Å². The van der Waals surface area contributed by atoms with Gasteiger partial charge in [-0.15, -0.1) is 0 Å². The van der Waals surface area contributed by atoms with Crippen molar-refractivity contribution in [2.24, 2.45) is 0 Å². The van der Waals surface area contributed by atoms with E-state index < -0.39 is 0 Å². The van der Waals surface area contributed by atoms with Crippen LogP contribution in [0.2, 0.25) is 0 Å². The SMILES string of the molecule is COc1ccc(CCNC(=O)/C=C/c2cnn(Cc3ccccc3)c2)cc1OC. The summed E-state index contributed by atoms with van der Waals surface area (Å²) < 4.78 is 12.4. The lowest BCUT2D eigenvalue weighted by Gasteiger charge is -2.09. The average molecular weight is 391 g/mol. The maximum atomic E-state index is 12.1. The average Bonchev–Trinajstić information content (AvgIpc) is 3.20. The first kappa shape index (κ1) is 20.2. The second kappa shape index (κ2) is 10.1. The van der Waals surface area contributed by atoms with Crippen LogP contribution in [0.1, 0.15) is 16.7 Å². The van der Waals surface area contributed by atoms with E-state index in [1.807, 2.05) is 47.3 Å². The van der Waals surface area contributed by atoms with Crippen LogP contribution in [0, 0.1) is 0 Å². The molecule has 3 rings (SSSR count). The fraction of sp³-hybridized carbons (Fsp3) is 0.217. The number of amides is 1. The number of benzene rings is 2. The van der Waals surface area contributed by atoms with Crippen molar-refractivity contribution in [1.29, 1.82) is 0 Å². The van der Waals surface area contributed by atoms with Crippen LogP contribution in [0.15, 0.2) is 67.0 Å². The van der Waals surface area contributed by atoms with Gasteiger partial charge in [0.25, 0.3) is 0 Å². The smallest absolute Gasteiger partial charge is 0.244 e. The van der Waals surface area contributed by atoms with Crippen LogP contribution in [-0.2, 0) is 17.8 Å². The molecule has 6 heteroatoms. The molecule has 150 valence electrons. The molecule has 0 atom stereocenters. The Bertz CT molecular complexity index is 965. The Hall–Kier alpha value is -3.54. The highest BCUT2D eigenvalue weighted by Gasteiger charge is 2.05. The lowest BCUT2D eigenvalue weighted by Crippen LogP contribution is -2.23. The molecule has 0 aliphatic carbocycles. The first-order valence-corrected chi connectivity index (χ1v) is 9.41. The van der Waals surface area contributed by atoms with Crippen molar-refractivity contribution in [3.05, 3.63) is 83.7 Å². The Morgan fingerprint density at radius 3 is 2.62 bits per heavy atom. The van der Waals surface area contributed by atoms with E-state index in [0.29, 0.717) is 31.0 Å². The summed E-state index contributed by atoms with van der Waals surface area (Å²) in [5, 5.41) is 7.22. The number of aromatic nitrogens is 2. The van der Waals surface area contributed by atoms with E-state index in [0.717, 1.165) is 11.1 Å². The van der Waals surface area contributed by atoms with Crippen molar-refractivity contribution in [2.75, 3.05) is 20.8 Å². The fourth-order valence-corrected chi connectivity index (χ4v) is 2.92. The van der Waals surface area contributed by atoms with Gasteiger partial charge in [0.15, 0.2) is 11.5 Å². The van der Waals surface area contributed by atoms with Gasteiger partial charge in [-0.1, -0.05) is 36.4 Å². The molecule has 0 unspecified atom stereocenters. The zero-order chi connectivity index (χ0) is 20.5. The number of ether oxygens (including phenoxy) is 2. The van der Waals surface area contributed by atoms with Crippen molar-refractivity contribution < 1.29 is 14.3 Å². The van der Waals surface area contributed by atoms with Gasteiger partial charge in [0.2, 0.25) is 5.91 Å². The van der Waals surface area contributed by atoms with Crippen molar-refractivity contribution in [3.63, 3.8) is 0 Å². The van der Waals surface area contributed by atoms with Gasteiger partial charge >= 0.3 is 0 Å². The summed E-state index contributed by atoms with van der Waals surface area (Å²) >= 11 is 0. The molecule has 29 heavy (non-hydrogen) atoms. The van der Waals surface area contributed by atoms with Gasteiger partial charge < -0.3 is 14.8 Å². The highest BCUT2D eigenvalue weighted by Crippen LogP contribution is 2.27. The number of hydrogen-bond donors (Lipinski definition) is 1. The Morgan fingerprint density at radius 1 is 1.07 bits per heavy atom. The van der Waals surface area contributed by atoms with Gasteiger partial charge in [0.1, 0.15) is 0 Å². The lowest BCUT2D eigenvalue weighted by atomic mass is 10.1. The molecule has 0 saturated carbocycles. The zero-order valence-electron chi connectivity index (χ0n) is 16.7. The van der Waals surface area contributed by atoms with Crippen molar-refractivity contribution in [3.8, 4) is 11.5 Å². The third-order valence-corrected chi connectivity index (χ3v) is 4.43. The van der Waals surface area contributed by atoms with E-state index >= 15 is 0 Å². The minimum atomic E-state index is -0.138. The van der Waals surface area contributed by atoms with Crippen LogP contribution in [0.25, 0.3) is 6.08 Å². The summed E-state index contributed by atoms with van der Waals surface area (Å²) in [4.78, 5) is 12.1. The van der Waals surface area contributed by atoms with E-state index in [4.69, 9.17) is 9.47 Å². The van der Waals surface area contributed by atoms with Gasteiger partial charge in [-0.25, -0.2) is 0 Å². The predicted octanol–water partition coefficient (Wildman–Crippen LogP) is 3.32. The summed E-state index contributed by atoms with van der Waals surface area (Å²) in [5.41, 5.74) is 3.13. The number of hydrogen-bond acceptors (Lipinski definition) is 4. The summed E-state index contributed by atoms with van der Waals surface area (Å²) in [5.74, 6) is 1.24. The topological polar surface area (TPSA) is 65.4 Å². The van der Waals surface area contributed by atoms with Crippen molar-refractivity contribution in [2.45, 2.75) is 13.0 Å². The van der Waals surface area contributed by atoms with Crippen LogP contribution in [0.3, 0.4) is 0 Å². The number of carbonyl (C=O) groups is 1. The van der Waals surface area contributed by atoms with Crippen LogP contribution in [0.5, 0.6) is 11.5 Å². The summed E-state index contributed by atoms with van der Waals surface area (Å²) in [7, 11) is 3.21. The van der Waals surface area contributed by atoms with Crippen molar-refractivity contribution in [1.82, 2.24) is 15.1 Å². The summed E-state index contributed by atoms with van der Waals surface area (Å²) in [6.45, 7) is 1.23. The molecule has 0 radical (unpaired) electrons. The van der Waals surface area contributed by atoms with Gasteiger partial charge in [0, 0.05) is 24.4 Å². The molecule has 1 aromatic heterocycles. The van der Waals surface area contributed by atoms with Gasteiger partial charge in [-0.2, -0.15) is 5.10 Å². The lowest BCUT2D eigenvalue weighted by molar-refractivity contribution is -0.116. The molecule has 3 aromatic rings. The first-order chi connectivity index (χ1) is 14.2. The number of nitrogens with one attached hydrogen (secondary N) is 1. The molecule has 1 heterocycles. The normalized spacial score (nSPS) is 10.8. The molecular weight excluding hydrogens is 366 g/mol. The molecule has 0 saturated heterocycles. The molecule has 1 N–H and O–H groups in total. The number of carbonyl (C=O) groups excluding carboxylic acids is 1. The number of rotatable bonds is 9. The maximum Gasteiger partial charge on any atom is 0.244 e.